The monoisotopic (exact) mass is 271 g/mol. The predicted molar refractivity (Wildman–Crippen MR) is 59.9 cm³/mol. The van der Waals surface area contributed by atoms with E-state index in [0.29, 0.717) is 11.4 Å². The Balaban J connectivity index is 1.97. The van der Waals surface area contributed by atoms with E-state index >= 15 is 0 Å². The maximum absolute atomic E-state index is 11.8. The number of ether oxygens (including phenoxy) is 1. The number of hydrogen-bond donors (Lipinski definition) is 4. The summed E-state index contributed by atoms with van der Waals surface area (Å²) in [7, 11) is 0. The van der Waals surface area contributed by atoms with Crippen LogP contribution < -0.4 is 11.2 Å². The van der Waals surface area contributed by atoms with Gasteiger partial charge in [0.05, 0.1) is 6.61 Å². The van der Waals surface area contributed by atoms with Gasteiger partial charge >= 0.3 is 5.69 Å². The van der Waals surface area contributed by atoms with E-state index in [2.05, 4.69) is 10.5 Å². The Morgan fingerprint density at radius 3 is 2.95 bits per heavy atom. The second-order valence-electron chi connectivity index (χ2n) is 4.42. The van der Waals surface area contributed by atoms with Crippen LogP contribution >= 0.6 is 0 Å². The molecule has 2 aliphatic heterocycles. The van der Waals surface area contributed by atoms with E-state index in [1.807, 2.05) is 0 Å². The molecule has 1 aromatic rings. The third-order valence-electron chi connectivity index (χ3n) is 3.22. The predicted octanol–water partition coefficient (Wildman–Crippen LogP) is -2.29. The minimum Gasteiger partial charge on any atom is -0.394 e. The normalized spacial score (nSPS) is 33.2. The summed E-state index contributed by atoms with van der Waals surface area (Å²) in [5.41, 5.74) is 2.47. The number of aromatic nitrogens is 2. The Labute approximate surface area is 107 Å². The first kappa shape index (κ1) is 12.5. The number of aliphatic hydroxyl groups is 3. The first-order chi connectivity index (χ1) is 9.11. The minimum atomic E-state index is -1.31. The number of aliphatic hydroxyl groups excluding tert-OH is 3. The molecule has 0 aromatic carbocycles. The first-order valence-electron chi connectivity index (χ1n) is 5.74. The Morgan fingerprint density at radius 1 is 1.47 bits per heavy atom. The largest absolute Gasteiger partial charge is 0.394 e. The number of fused-ring (bicyclic) bond motifs is 1. The van der Waals surface area contributed by atoms with Crippen molar-refractivity contribution in [2.24, 2.45) is 0 Å². The van der Waals surface area contributed by atoms with E-state index in [-0.39, 0.29) is 6.61 Å². The summed E-state index contributed by atoms with van der Waals surface area (Å²) < 4.78 is 6.36. The molecule has 9 heteroatoms. The topological polar surface area (TPSA) is 126 Å². The Kier molecular flexibility index (Phi) is 2.99. The van der Waals surface area contributed by atoms with Crippen LogP contribution in [0.1, 0.15) is 11.8 Å². The van der Waals surface area contributed by atoms with Crippen LogP contribution in [-0.2, 0) is 16.2 Å². The van der Waals surface area contributed by atoms with Crippen molar-refractivity contribution < 1.29 is 24.9 Å². The number of nitrogens with zero attached hydrogens (tertiary/aromatic N) is 2. The van der Waals surface area contributed by atoms with Crippen molar-refractivity contribution in [2.75, 3.05) is 12.1 Å². The molecule has 0 spiro atoms. The molecule has 1 fully saturated rings. The molecule has 4 N–H and O–H groups in total. The molecule has 0 saturated carbocycles. The lowest BCUT2D eigenvalue weighted by molar-refractivity contribution is -0.0550. The molecule has 0 amide bonds. The van der Waals surface area contributed by atoms with Gasteiger partial charge in [0.15, 0.2) is 12.0 Å². The lowest BCUT2D eigenvalue weighted by Gasteiger charge is -2.17. The molecule has 1 aromatic heterocycles. The fourth-order valence-electron chi connectivity index (χ4n) is 2.18. The summed E-state index contributed by atoms with van der Waals surface area (Å²) in [5.74, 6) is 0.327. The van der Waals surface area contributed by atoms with Gasteiger partial charge < -0.3 is 20.1 Å². The summed E-state index contributed by atoms with van der Waals surface area (Å²) >= 11 is 0. The van der Waals surface area contributed by atoms with Crippen LogP contribution in [0, 0.1) is 0 Å². The number of rotatable bonds is 2. The SMILES string of the molecule is O=c1nc2c(cn1[C@@H]1O[C@H](CO)[C@@H](O)C1O)CON2. The minimum absolute atomic E-state index is 0.234. The van der Waals surface area contributed by atoms with Crippen molar-refractivity contribution in [2.45, 2.75) is 31.1 Å². The molecular formula is C10H13N3O6. The van der Waals surface area contributed by atoms with Crippen molar-refractivity contribution in [1.29, 1.82) is 0 Å². The first-order valence-corrected chi connectivity index (χ1v) is 5.74. The van der Waals surface area contributed by atoms with E-state index in [1.54, 1.807) is 0 Å². The number of hydrogen-bond acceptors (Lipinski definition) is 8. The lowest BCUT2D eigenvalue weighted by Crippen LogP contribution is -2.36. The average molecular weight is 271 g/mol. The van der Waals surface area contributed by atoms with Gasteiger partial charge in [-0.3, -0.25) is 9.40 Å². The fourth-order valence-corrected chi connectivity index (χ4v) is 2.18. The molecule has 0 bridgehead atoms. The van der Waals surface area contributed by atoms with Crippen LogP contribution in [0.3, 0.4) is 0 Å². The summed E-state index contributed by atoms with van der Waals surface area (Å²) in [4.78, 5) is 20.5. The maximum Gasteiger partial charge on any atom is 0.351 e. The molecule has 0 aliphatic carbocycles. The third kappa shape index (κ3) is 1.91. The van der Waals surface area contributed by atoms with E-state index < -0.39 is 36.8 Å². The Hall–Kier alpha value is -1.52. The molecule has 19 heavy (non-hydrogen) atoms. The number of anilines is 1. The molecule has 3 heterocycles. The van der Waals surface area contributed by atoms with E-state index in [9.17, 15) is 15.0 Å². The van der Waals surface area contributed by atoms with E-state index in [4.69, 9.17) is 14.7 Å². The molecule has 1 unspecified atom stereocenters. The van der Waals surface area contributed by atoms with E-state index in [1.165, 1.54) is 6.20 Å². The maximum atomic E-state index is 11.8. The van der Waals surface area contributed by atoms with Crippen LogP contribution in [0.2, 0.25) is 0 Å². The molecule has 104 valence electrons. The van der Waals surface area contributed by atoms with Crippen LogP contribution in [-0.4, -0.2) is 49.8 Å². The molecule has 9 nitrogen and oxygen atoms in total. The Morgan fingerprint density at radius 2 is 2.26 bits per heavy atom. The highest BCUT2D eigenvalue weighted by Crippen LogP contribution is 2.29. The van der Waals surface area contributed by atoms with Crippen LogP contribution in [0.15, 0.2) is 11.0 Å². The van der Waals surface area contributed by atoms with Crippen molar-refractivity contribution in [1.82, 2.24) is 9.55 Å². The summed E-state index contributed by atoms with van der Waals surface area (Å²) in [6, 6.07) is 0. The summed E-state index contributed by atoms with van der Waals surface area (Å²) in [5, 5.41) is 28.5. The second kappa shape index (κ2) is 4.54. The molecule has 1 saturated heterocycles. The van der Waals surface area contributed by atoms with Gasteiger partial charge in [-0.2, -0.15) is 4.98 Å². The van der Waals surface area contributed by atoms with Crippen molar-refractivity contribution in [3.8, 4) is 0 Å². The zero-order valence-corrected chi connectivity index (χ0v) is 9.76. The summed E-state index contributed by atoms with van der Waals surface area (Å²) in [6.07, 6.45) is -3.15. The zero-order valence-electron chi connectivity index (χ0n) is 9.76. The van der Waals surface area contributed by atoms with Crippen molar-refractivity contribution in [3.05, 3.63) is 22.2 Å². The van der Waals surface area contributed by atoms with Gasteiger partial charge in [0.1, 0.15) is 24.9 Å². The van der Waals surface area contributed by atoms with E-state index in [0.717, 1.165) is 4.57 Å². The quantitative estimate of drug-likeness (QED) is 0.473. The van der Waals surface area contributed by atoms with Crippen molar-refractivity contribution >= 4 is 5.82 Å². The standard InChI is InChI=1S/C10H13N3O6/c14-2-5-6(15)7(16)9(19-5)13-1-4-3-18-12-8(4)11-10(13)17/h1,5-7,9,14-16H,2-3H2,(H,11,12,17)/t5-,6-,7?,9-/m1/s1. The van der Waals surface area contributed by atoms with Gasteiger partial charge in [0.25, 0.3) is 0 Å². The molecular weight excluding hydrogens is 258 g/mol. The molecule has 3 rings (SSSR count). The average Bonchev–Trinajstić information content (AvgIpc) is 2.95. The van der Waals surface area contributed by atoms with Gasteiger partial charge in [-0.15, -0.1) is 0 Å². The number of nitrogens with one attached hydrogen (secondary N) is 1. The highest BCUT2D eigenvalue weighted by molar-refractivity contribution is 5.42. The molecule has 2 aliphatic rings. The van der Waals surface area contributed by atoms with Crippen LogP contribution in [0.5, 0.6) is 0 Å². The van der Waals surface area contributed by atoms with Gasteiger partial charge in [0, 0.05) is 11.8 Å². The van der Waals surface area contributed by atoms with Crippen LogP contribution in [0.25, 0.3) is 0 Å². The zero-order chi connectivity index (χ0) is 13.6. The van der Waals surface area contributed by atoms with Gasteiger partial charge in [-0.25, -0.2) is 10.3 Å². The van der Waals surface area contributed by atoms with Gasteiger partial charge in [-0.1, -0.05) is 0 Å². The van der Waals surface area contributed by atoms with Crippen LogP contribution in [0.4, 0.5) is 5.82 Å². The van der Waals surface area contributed by atoms with Gasteiger partial charge in [-0.05, 0) is 0 Å². The highest BCUT2D eigenvalue weighted by Gasteiger charge is 2.44. The van der Waals surface area contributed by atoms with Gasteiger partial charge in [0.2, 0.25) is 0 Å². The fraction of sp³-hybridized carbons (Fsp3) is 0.600. The second-order valence-corrected chi connectivity index (χ2v) is 4.42. The summed E-state index contributed by atoms with van der Waals surface area (Å²) in [6.45, 7) is -0.218. The smallest absolute Gasteiger partial charge is 0.351 e. The molecule has 4 atom stereocenters. The van der Waals surface area contributed by atoms with Crippen molar-refractivity contribution in [3.63, 3.8) is 0 Å². The lowest BCUT2D eigenvalue weighted by atomic mass is 10.1. The molecule has 0 radical (unpaired) electrons. The Bertz CT molecular complexity index is 547. The third-order valence-corrected chi connectivity index (χ3v) is 3.22. The highest BCUT2D eigenvalue weighted by atomic mass is 16.7.